The van der Waals surface area contributed by atoms with Crippen LogP contribution in [0.4, 0.5) is 0 Å². The van der Waals surface area contributed by atoms with Crippen molar-refractivity contribution in [3.63, 3.8) is 0 Å². The number of hydrogen-bond donors (Lipinski definition) is 1. The second-order valence-electron chi connectivity index (χ2n) is 2.37. The number of aliphatic hydroxyl groups is 1. The summed E-state index contributed by atoms with van der Waals surface area (Å²) in [5, 5.41) is 9.18. The highest BCUT2D eigenvalue weighted by Gasteiger charge is 2.13. The molecule has 0 amide bonds. The zero-order valence-corrected chi connectivity index (χ0v) is 6.90. The minimum Gasteiger partial charge on any atom is -0.496 e. The molecule has 0 saturated heterocycles. The van der Waals surface area contributed by atoms with Crippen LogP contribution in [0.1, 0.15) is 18.6 Å². The quantitative estimate of drug-likeness (QED) is 0.709. The van der Waals surface area contributed by atoms with Gasteiger partial charge in [0.2, 0.25) is 0 Å². The summed E-state index contributed by atoms with van der Waals surface area (Å²) in [6.45, 7) is 1.48. The summed E-state index contributed by atoms with van der Waals surface area (Å²) in [5.41, 5.74) is -0.413. The summed E-state index contributed by atoms with van der Waals surface area (Å²) in [4.78, 5) is 11.0. The van der Waals surface area contributed by atoms with Gasteiger partial charge in [0.05, 0.1) is 19.5 Å². The molecule has 0 aliphatic rings. The lowest BCUT2D eigenvalue weighted by Crippen LogP contribution is -2.11. The topological polar surface area (TPSA) is 59.7 Å². The largest absolute Gasteiger partial charge is 0.496 e. The number of aliphatic hydroxyl groups excluding tert-OH is 1. The predicted molar refractivity (Wildman–Crippen MR) is 42.2 cm³/mol. The number of ether oxygens (including phenoxy) is 1. The third-order valence-corrected chi connectivity index (χ3v) is 1.52. The van der Waals surface area contributed by atoms with Gasteiger partial charge in [-0.1, -0.05) is 0 Å². The first kappa shape index (κ1) is 8.80. The third kappa shape index (κ3) is 1.48. The van der Waals surface area contributed by atoms with E-state index in [-0.39, 0.29) is 5.56 Å². The highest BCUT2D eigenvalue weighted by molar-refractivity contribution is 5.30. The van der Waals surface area contributed by atoms with Crippen molar-refractivity contribution >= 4 is 0 Å². The Hall–Kier alpha value is -1.29. The van der Waals surface area contributed by atoms with Crippen LogP contribution >= 0.6 is 0 Å². The van der Waals surface area contributed by atoms with Crippen LogP contribution in [0.5, 0.6) is 5.75 Å². The smallest absolute Gasteiger partial charge is 0.345 e. The van der Waals surface area contributed by atoms with Crippen molar-refractivity contribution in [2.75, 3.05) is 7.11 Å². The molecule has 0 aliphatic carbocycles. The van der Waals surface area contributed by atoms with E-state index >= 15 is 0 Å². The average molecular weight is 170 g/mol. The van der Waals surface area contributed by atoms with E-state index < -0.39 is 11.7 Å². The second-order valence-corrected chi connectivity index (χ2v) is 2.37. The molecule has 1 aromatic heterocycles. The van der Waals surface area contributed by atoms with Gasteiger partial charge in [-0.2, -0.15) is 0 Å². The van der Waals surface area contributed by atoms with E-state index in [0.717, 1.165) is 0 Å². The van der Waals surface area contributed by atoms with Gasteiger partial charge in [-0.15, -0.1) is 0 Å². The molecular formula is C8H10O4. The van der Waals surface area contributed by atoms with Gasteiger partial charge in [0.25, 0.3) is 0 Å². The fraction of sp³-hybridized carbons (Fsp3) is 0.375. The molecule has 0 fully saturated rings. The first-order chi connectivity index (χ1) is 5.66. The van der Waals surface area contributed by atoms with E-state index in [1.165, 1.54) is 26.4 Å². The SMILES string of the molecule is COc1ccoc(=O)c1C(C)O. The Balaban J connectivity index is 3.30. The molecule has 0 bridgehead atoms. The fourth-order valence-corrected chi connectivity index (χ4v) is 0.966. The molecular weight excluding hydrogens is 160 g/mol. The summed E-state index contributed by atoms with van der Waals surface area (Å²) < 4.78 is 9.43. The molecule has 1 unspecified atom stereocenters. The minimum atomic E-state index is -0.877. The Morgan fingerprint density at radius 1 is 1.67 bits per heavy atom. The summed E-state index contributed by atoms with van der Waals surface area (Å²) in [7, 11) is 1.43. The van der Waals surface area contributed by atoms with Crippen molar-refractivity contribution < 1.29 is 14.3 Å². The van der Waals surface area contributed by atoms with Crippen LogP contribution in [0, 0.1) is 0 Å². The van der Waals surface area contributed by atoms with Gasteiger partial charge >= 0.3 is 5.63 Å². The van der Waals surface area contributed by atoms with Crippen molar-refractivity contribution in [2.24, 2.45) is 0 Å². The standard InChI is InChI=1S/C8H10O4/c1-5(9)7-6(11-2)3-4-12-8(7)10/h3-5,9H,1-2H3. The molecule has 66 valence electrons. The van der Waals surface area contributed by atoms with Crippen LogP contribution < -0.4 is 10.4 Å². The lowest BCUT2D eigenvalue weighted by Gasteiger charge is -2.07. The summed E-state index contributed by atoms with van der Waals surface area (Å²) in [6.07, 6.45) is 0.352. The molecule has 1 aromatic rings. The maximum atomic E-state index is 11.0. The molecule has 12 heavy (non-hydrogen) atoms. The highest BCUT2D eigenvalue weighted by Crippen LogP contribution is 2.19. The van der Waals surface area contributed by atoms with E-state index in [1.54, 1.807) is 0 Å². The van der Waals surface area contributed by atoms with Crippen molar-refractivity contribution in [3.05, 3.63) is 28.3 Å². The fourth-order valence-electron chi connectivity index (χ4n) is 0.966. The molecule has 1 rings (SSSR count). The molecule has 0 spiro atoms. The number of methoxy groups -OCH3 is 1. The van der Waals surface area contributed by atoms with Gasteiger partial charge in [0.15, 0.2) is 0 Å². The Labute approximate surface area is 69.4 Å². The van der Waals surface area contributed by atoms with Crippen LogP contribution in [0.15, 0.2) is 21.5 Å². The van der Waals surface area contributed by atoms with Crippen molar-refractivity contribution in [1.29, 1.82) is 0 Å². The van der Waals surface area contributed by atoms with Crippen LogP contribution in [-0.4, -0.2) is 12.2 Å². The highest BCUT2D eigenvalue weighted by atomic mass is 16.5. The van der Waals surface area contributed by atoms with Crippen molar-refractivity contribution in [3.8, 4) is 5.75 Å². The maximum Gasteiger partial charge on any atom is 0.345 e. The third-order valence-electron chi connectivity index (χ3n) is 1.52. The first-order valence-electron chi connectivity index (χ1n) is 3.50. The van der Waals surface area contributed by atoms with Crippen LogP contribution in [-0.2, 0) is 0 Å². The monoisotopic (exact) mass is 170 g/mol. The molecule has 4 heteroatoms. The number of rotatable bonds is 2. The van der Waals surface area contributed by atoms with Gasteiger partial charge in [-0.25, -0.2) is 4.79 Å². The van der Waals surface area contributed by atoms with E-state index in [4.69, 9.17) is 4.74 Å². The molecule has 0 saturated carbocycles. The minimum absolute atomic E-state index is 0.153. The van der Waals surface area contributed by atoms with E-state index in [0.29, 0.717) is 5.75 Å². The Morgan fingerprint density at radius 2 is 2.33 bits per heavy atom. The van der Waals surface area contributed by atoms with E-state index in [9.17, 15) is 9.90 Å². The molecule has 0 aliphatic heterocycles. The zero-order chi connectivity index (χ0) is 9.14. The van der Waals surface area contributed by atoms with Crippen LogP contribution in [0.25, 0.3) is 0 Å². The molecule has 0 radical (unpaired) electrons. The van der Waals surface area contributed by atoms with E-state index in [1.807, 2.05) is 0 Å². The lowest BCUT2D eigenvalue weighted by molar-refractivity contribution is 0.188. The Kier molecular flexibility index (Phi) is 2.50. The maximum absolute atomic E-state index is 11.0. The second kappa shape index (κ2) is 3.40. The van der Waals surface area contributed by atoms with Crippen molar-refractivity contribution in [2.45, 2.75) is 13.0 Å². The summed E-state index contributed by atoms with van der Waals surface area (Å²) in [5.74, 6) is 0.348. The van der Waals surface area contributed by atoms with Crippen molar-refractivity contribution in [1.82, 2.24) is 0 Å². The molecule has 0 aromatic carbocycles. The molecule has 1 heterocycles. The van der Waals surface area contributed by atoms with Gasteiger partial charge in [0, 0.05) is 6.07 Å². The first-order valence-corrected chi connectivity index (χ1v) is 3.50. The number of hydrogen-bond acceptors (Lipinski definition) is 4. The predicted octanol–water partition coefficient (Wildman–Crippen LogP) is 0.702. The van der Waals surface area contributed by atoms with Gasteiger partial charge < -0.3 is 14.3 Å². The van der Waals surface area contributed by atoms with Crippen LogP contribution in [0.2, 0.25) is 0 Å². The summed E-state index contributed by atoms with van der Waals surface area (Å²) in [6, 6.07) is 1.49. The molecule has 1 N–H and O–H groups in total. The van der Waals surface area contributed by atoms with Gasteiger partial charge in [0.1, 0.15) is 11.3 Å². The molecule has 1 atom stereocenters. The normalized spacial score (nSPS) is 12.6. The molecule has 4 nitrogen and oxygen atoms in total. The lowest BCUT2D eigenvalue weighted by atomic mass is 10.2. The Bertz CT molecular complexity index is 313. The Morgan fingerprint density at radius 3 is 2.75 bits per heavy atom. The van der Waals surface area contributed by atoms with Crippen LogP contribution in [0.3, 0.4) is 0 Å². The van der Waals surface area contributed by atoms with Gasteiger partial charge in [-0.3, -0.25) is 0 Å². The summed E-state index contributed by atoms with van der Waals surface area (Å²) >= 11 is 0. The van der Waals surface area contributed by atoms with E-state index in [2.05, 4.69) is 4.42 Å². The van der Waals surface area contributed by atoms with Gasteiger partial charge in [-0.05, 0) is 6.92 Å². The zero-order valence-electron chi connectivity index (χ0n) is 6.90. The average Bonchev–Trinajstić information content (AvgIpc) is 2.03.